The molecular weight excluding hydrogens is 350 g/mol. The highest BCUT2D eigenvalue weighted by atomic mass is 79.9. The third kappa shape index (κ3) is 3.63. The van der Waals surface area contributed by atoms with Crippen LogP contribution in [0.2, 0.25) is 0 Å². The molecule has 1 unspecified atom stereocenters. The van der Waals surface area contributed by atoms with Gasteiger partial charge in [0.2, 0.25) is 0 Å². The Morgan fingerprint density at radius 1 is 1.00 bits per heavy atom. The van der Waals surface area contributed by atoms with Gasteiger partial charge in [-0.25, -0.2) is 4.39 Å². The molecule has 2 aromatic carbocycles. The molecule has 1 nitrogen and oxygen atoms in total. The van der Waals surface area contributed by atoms with Gasteiger partial charge in [-0.05, 0) is 42.4 Å². The van der Waals surface area contributed by atoms with Crippen LogP contribution in [0.3, 0.4) is 0 Å². The Kier molecular flexibility index (Phi) is 4.68. The molecule has 0 fully saturated rings. The maximum Gasteiger partial charge on any atom is 0.417 e. The summed E-state index contributed by atoms with van der Waals surface area (Å²) in [4.78, 5) is 0. The Morgan fingerprint density at radius 3 is 2.10 bits per heavy atom. The lowest BCUT2D eigenvalue weighted by Crippen LogP contribution is -2.18. The van der Waals surface area contributed by atoms with Crippen molar-refractivity contribution in [2.45, 2.75) is 12.2 Å². The summed E-state index contributed by atoms with van der Waals surface area (Å²) in [5.74, 6) is -0.389. The second kappa shape index (κ2) is 6.15. The van der Waals surface area contributed by atoms with E-state index < -0.39 is 17.8 Å². The molecule has 0 saturated heterocycles. The number of nitrogens with one attached hydrogen (secondary N) is 1. The first-order valence-electron chi connectivity index (χ1n) is 6.12. The van der Waals surface area contributed by atoms with Crippen LogP contribution in [0.4, 0.5) is 17.6 Å². The third-order valence-electron chi connectivity index (χ3n) is 3.12. The zero-order valence-corrected chi connectivity index (χ0v) is 12.6. The quantitative estimate of drug-likeness (QED) is 0.765. The van der Waals surface area contributed by atoms with E-state index in [-0.39, 0.29) is 10.3 Å². The molecule has 0 saturated carbocycles. The fourth-order valence-electron chi connectivity index (χ4n) is 2.12. The van der Waals surface area contributed by atoms with Crippen LogP contribution in [-0.4, -0.2) is 7.05 Å². The highest BCUT2D eigenvalue weighted by Crippen LogP contribution is 2.37. The monoisotopic (exact) mass is 361 g/mol. The van der Waals surface area contributed by atoms with E-state index in [9.17, 15) is 17.6 Å². The SMILES string of the molecule is CNC(c1ccc(F)cc1)c1ccc(Br)c(C(F)(F)F)c1. The second-order valence-electron chi connectivity index (χ2n) is 4.51. The molecular formula is C15H12BrF4N. The molecule has 0 spiro atoms. The zero-order chi connectivity index (χ0) is 15.6. The smallest absolute Gasteiger partial charge is 0.309 e. The summed E-state index contributed by atoms with van der Waals surface area (Å²) < 4.78 is 51.8. The normalized spacial score (nSPS) is 13.2. The predicted octanol–water partition coefficient (Wildman–Crippen LogP) is 4.92. The van der Waals surface area contributed by atoms with E-state index in [1.807, 2.05) is 0 Å². The van der Waals surface area contributed by atoms with Crippen molar-refractivity contribution >= 4 is 15.9 Å². The standard InChI is InChI=1S/C15H12BrF4N/c1-21-14(9-2-5-11(17)6-3-9)10-4-7-13(16)12(8-10)15(18,19)20/h2-8,14,21H,1H3. The maximum absolute atomic E-state index is 13.0. The van der Waals surface area contributed by atoms with Crippen molar-refractivity contribution in [3.63, 3.8) is 0 Å². The molecule has 0 aromatic heterocycles. The van der Waals surface area contributed by atoms with Crippen LogP contribution in [0.1, 0.15) is 22.7 Å². The minimum atomic E-state index is -4.43. The van der Waals surface area contributed by atoms with E-state index in [0.29, 0.717) is 11.1 Å². The molecule has 6 heteroatoms. The van der Waals surface area contributed by atoms with Crippen LogP contribution in [-0.2, 0) is 6.18 Å². The number of halogens is 5. The van der Waals surface area contributed by atoms with Crippen LogP contribution in [0.25, 0.3) is 0 Å². The van der Waals surface area contributed by atoms with Crippen LogP contribution < -0.4 is 5.32 Å². The number of alkyl halides is 3. The maximum atomic E-state index is 13.0. The Hall–Kier alpha value is -1.40. The lowest BCUT2D eigenvalue weighted by Gasteiger charge is -2.19. The molecule has 1 atom stereocenters. The summed E-state index contributed by atoms with van der Waals surface area (Å²) in [7, 11) is 1.64. The van der Waals surface area contributed by atoms with Crippen LogP contribution in [0.15, 0.2) is 46.9 Å². The Labute approximate surface area is 128 Å². The van der Waals surface area contributed by atoms with E-state index >= 15 is 0 Å². The van der Waals surface area contributed by atoms with Crippen molar-refractivity contribution in [2.24, 2.45) is 0 Å². The van der Waals surface area contributed by atoms with Gasteiger partial charge in [0, 0.05) is 4.47 Å². The first-order chi connectivity index (χ1) is 9.82. The Balaban J connectivity index is 2.46. The highest BCUT2D eigenvalue weighted by molar-refractivity contribution is 9.10. The third-order valence-corrected chi connectivity index (χ3v) is 3.81. The summed E-state index contributed by atoms with van der Waals surface area (Å²) >= 11 is 2.91. The van der Waals surface area contributed by atoms with Crippen molar-refractivity contribution in [3.05, 3.63) is 69.4 Å². The lowest BCUT2D eigenvalue weighted by molar-refractivity contribution is -0.138. The lowest BCUT2D eigenvalue weighted by atomic mass is 9.97. The highest BCUT2D eigenvalue weighted by Gasteiger charge is 2.33. The van der Waals surface area contributed by atoms with E-state index in [2.05, 4.69) is 21.2 Å². The molecule has 21 heavy (non-hydrogen) atoms. The van der Waals surface area contributed by atoms with Crippen molar-refractivity contribution in [2.75, 3.05) is 7.05 Å². The van der Waals surface area contributed by atoms with E-state index in [1.165, 1.54) is 18.2 Å². The summed E-state index contributed by atoms with van der Waals surface area (Å²) in [6, 6.07) is 9.27. The minimum absolute atomic E-state index is 0.00675. The Bertz CT molecular complexity index is 623. The van der Waals surface area contributed by atoms with Crippen LogP contribution in [0.5, 0.6) is 0 Å². The largest absolute Gasteiger partial charge is 0.417 e. The molecule has 2 rings (SSSR count). The van der Waals surface area contributed by atoms with Gasteiger partial charge in [-0.3, -0.25) is 0 Å². The first-order valence-corrected chi connectivity index (χ1v) is 6.91. The van der Waals surface area contributed by atoms with E-state index in [1.54, 1.807) is 25.2 Å². The molecule has 0 aliphatic heterocycles. The second-order valence-corrected chi connectivity index (χ2v) is 5.36. The van der Waals surface area contributed by atoms with Gasteiger partial charge in [0.05, 0.1) is 11.6 Å². The molecule has 112 valence electrons. The Morgan fingerprint density at radius 2 is 1.57 bits per heavy atom. The van der Waals surface area contributed by atoms with Crippen molar-refractivity contribution < 1.29 is 17.6 Å². The van der Waals surface area contributed by atoms with Crippen molar-refractivity contribution in [3.8, 4) is 0 Å². The fraction of sp³-hybridized carbons (Fsp3) is 0.200. The van der Waals surface area contributed by atoms with Crippen LogP contribution in [0, 0.1) is 5.82 Å². The van der Waals surface area contributed by atoms with E-state index in [4.69, 9.17) is 0 Å². The van der Waals surface area contributed by atoms with Crippen molar-refractivity contribution in [1.29, 1.82) is 0 Å². The number of hydrogen-bond donors (Lipinski definition) is 1. The number of rotatable bonds is 3. The summed E-state index contributed by atoms with van der Waals surface area (Å²) in [6.07, 6.45) is -4.43. The van der Waals surface area contributed by atoms with Gasteiger partial charge < -0.3 is 5.32 Å². The number of hydrogen-bond acceptors (Lipinski definition) is 1. The van der Waals surface area contributed by atoms with Gasteiger partial charge in [0.25, 0.3) is 0 Å². The van der Waals surface area contributed by atoms with Gasteiger partial charge in [-0.1, -0.05) is 34.1 Å². The molecule has 0 aliphatic carbocycles. The van der Waals surface area contributed by atoms with Gasteiger partial charge in [-0.2, -0.15) is 13.2 Å². The molecule has 0 heterocycles. The molecule has 2 aromatic rings. The summed E-state index contributed by atoms with van der Waals surface area (Å²) in [6.45, 7) is 0. The average Bonchev–Trinajstić information content (AvgIpc) is 2.42. The average molecular weight is 362 g/mol. The van der Waals surface area contributed by atoms with Crippen LogP contribution >= 0.6 is 15.9 Å². The molecule has 1 N–H and O–H groups in total. The summed E-state index contributed by atoms with van der Waals surface area (Å²) in [5, 5.41) is 2.95. The van der Waals surface area contributed by atoms with Crippen molar-refractivity contribution in [1.82, 2.24) is 5.32 Å². The summed E-state index contributed by atoms with van der Waals surface area (Å²) in [5.41, 5.74) is 0.413. The van der Waals surface area contributed by atoms with E-state index in [0.717, 1.165) is 6.07 Å². The molecule has 0 bridgehead atoms. The minimum Gasteiger partial charge on any atom is -0.309 e. The van der Waals surface area contributed by atoms with Gasteiger partial charge in [-0.15, -0.1) is 0 Å². The van der Waals surface area contributed by atoms with Gasteiger partial charge in [0.1, 0.15) is 5.82 Å². The number of benzene rings is 2. The first kappa shape index (κ1) is 16.0. The molecule has 0 aliphatic rings. The van der Waals surface area contributed by atoms with Gasteiger partial charge >= 0.3 is 6.18 Å². The molecule has 0 amide bonds. The zero-order valence-electron chi connectivity index (χ0n) is 11.0. The molecule has 0 radical (unpaired) electrons. The topological polar surface area (TPSA) is 12.0 Å². The fourth-order valence-corrected chi connectivity index (χ4v) is 2.59. The van der Waals surface area contributed by atoms with Gasteiger partial charge in [0.15, 0.2) is 0 Å². The predicted molar refractivity (Wildman–Crippen MR) is 76.4 cm³/mol.